The van der Waals surface area contributed by atoms with Crippen molar-refractivity contribution in [2.45, 2.75) is 25.8 Å². The van der Waals surface area contributed by atoms with Crippen molar-refractivity contribution >= 4 is 17.5 Å². The molecular weight excluding hydrogens is 320 g/mol. The minimum atomic E-state index is -0.372. The van der Waals surface area contributed by atoms with Gasteiger partial charge in [0.25, 0.3) is 0 Å². The third-order valence-corrected chi connectivity index (χ3v) is 4.81. The lowest BCUT2D eigenvalue weighted by Gasteiger charge is -2.37. The molecule has 3 rings (SSSR count). The Balaban J connectivity index is 1.58. The highest BCUT2D eigenvalue weighted by molar-refractivity contribution is 5.81. The number of hydrogen-bond donors (Lipinski definition) is 1. The monoisotopic (exact) mass is 348 g/mol. The number of ether oxygens (including phenoxy) is 1. The molecule has 2 N–H and O–H groups in total. The summed E-state index contributed by atoms with van der Waals surface area (Å²) in [4.78, 5) is 27.5. The van der Waals surface area contributed by atoms with Crippen LogP contribution < -0.4 is 15.5 Å². The number of nitrogens with two attached hydrogens (primary N) is 1. The third kappa shape index (κ3) is 4.38. The van der Waals surface area contributed by atoms with E-state index in [-0.39, 0.29) is 11.9 Å². The van der Waals surface area contributed by atoms with Crippen LogP contribution in [0.4, 0.5) is 11.6 Å². The van der Waals surface area contributed by atoms with Gasteiger partial charge in [-0.3, -0.25) is 4.79 Å². The molecule has 0 radical (unpaired) electrons. The van der Waals surface area contributed by atoms with Crippen molar-refractivity contribution in [1.29, 1.82) is 0 Å². The van der Waals surface area contributed by atoms with Crippen LogP contribution in [-0.4, -0.2) is 79.3 Å². The highest BCUT2D eigenvalue weighted by atomic mass is 16.5. The molecule has 8 nitrogen and oxygen atoms in total. The van der Waals surface area contributed by atoms with E-state index in [0.29, 0.717) is 13.1 Å². The molecule has 0 aromatic carbocycles. The van der Waals surface area contributed by atoms with Gasteiger partial charge in [-0.1, -0.05) is 13.3 Å². The number of morpholine rings is 1. The Hall–Kier alpha value is -1.93. The minimum Gasteiger partial charge on any atom is -0.378 e. The Morgan fingerprint density at radius 3 is 2.32 bits per heavy atom. The molecule has 138 valence electrons. The number of carbonyl (C=O) groups excluding carboxylic acids is 1. The summed E-state index contributed by atoms with van der Waals surface area (Å²) in [6, 6.07) is 1.66. The second-order valence-electron chi connectivity index (χ2n) is 6.54. The van der Waals surface area contributed by atoms with Gasteiger partial charge < -0.3 is 25.2 Å². The lowest BCUT2D eigenvalue weighted by Crippen LogP contribution is -2.53. The zero-order valence-electron chi connectivity index (χ0n) is 14.9. The van der Waals surface area contributed by atoms with Crippen LogP contribution >= 0.6 is 0 Å². The third-order valence-electron chi connectivity index (χ3n) is 4.81. The van der Waals surface area contributed by atoms with E-state index in [9.17, 15) is 4.79 Å². The van der Waals surface area contributed by atoms with Crippen LogP contribution in [0.5, 0.6) is 0 Å². The van der Waals surface area contributed by atoms with Gasteiger partial charge in [-0.15, -0.1) is 0 Å². The molecule has 1 amide bonds. The molecule has 0 aliphatic carbocycles. The fourth-order valence-electron chi connectivity index (χ4n) is 3.30. The fourth-order valence-corrected chi connectivity index (χ4v) is 3.30. The zero-order valence-corrected chi connectivity index (χ0v) is 14.9. The van der Waals surface area contributed by atoms with Crippen LogP contribution in [0.25, 0.3) is 0 Å². The topological polar surface area (TPSA) is 87.8 Å². The lowest BCUT2D eigenvalue weighted by molar-refractivity contribution is -0.133. The highest BCUT2D eigenvalue weighted by Crippen LogP contribution is 2.20. The minimum absolute atomic E-state index is 0.0678. The van der Waals surface area contributed by atoms with E-state index in [2.05, 4.69) is 19.8 Å². The summed E-state index contributed by atoms with van der Waals surface area (Å²) in [5, 5.41) is 0. The van der Waals surface area contributed by atoms with Gasteiger partial charge in [-0.2, -0.15) is 0 Å². The lowest BCUT2D eigenvalue weighted by atomic mass is 10.1. The highest BCUT2D eigenvalue weighted by Gasteiger charge is 2.25. The van der Waals surface area contributed by atoms with Crippen LogP contribution in [0.15, 0.2) is 12.4 Å². The second-order valence-corrected chi connectivity index (χ2v) is 6.54. The first-order chi connectivity index (χ1) is 12.2. The van der Waals surface area contributed by atoms with Crippen molar-refractivity contribution in [2.24, 2.45) is 5.73 Å². The molecule has 1 unspecified atom stereocenters. The smallest absolute Gasteiger partial charge is 0.239 e. The summed E-state index contributed by atoms with van der Waals surface area (Å²) in [6.45, 7) is 8.14. The molecule has 25 heavy (non-hydrogen) atoms. The largest absolute Gasteiger partial charge is 0.378 e. The van der Waals surface area contributed by atoms with E-state index < -0.39 is 0 Å². The van der Waals surface area contributed by atoms with Gasteiger partial charge in [0.2, 0.25) is 5.91 Å². The molecule has 0 saturated carbocycles. The van der Waals surface area contributed by atoms with Crippen molar-refractivity contribution in [1.82, 2.24) is 14.9 Å². The SMILES string of the molecule is CCCC(N)C(=O)N1CCN(c2cc(N3CCOCC3)ncn2)CC1. The normalized spacial score (nSPS) is 19.8. The molecule has 2 aliphatic heterocycles. The first kappa shape index (κ1) is 17.9. The van der Waals surface area contributed by atoms with Crippen molar-refractivity contribution in [3.63, 3.8) is 0 Å². The maximum atomic E-state index is 12.3. The van der Waals surface area contributed by atoms with Crippen molar-refractivity contribution in [3.8, 4) is 0 Å². The second kappa shape index (κ2) is 8.44. The molecule has 8 heteroatoms. The molecule has 2 aliphatic rings. The van der Waals surface area contributed by atoms with E-state index in [0.717, 1.165) is 63.9 Å². The average molecular weight is 348 g/mol. The number of anilines is 2. The number of nitrogens with zero attached hydrogens (tertiary/aromatic N) is 5. The number of aromatic nitrogens is 2. The van der Waals surface area contributed by atoms with Crippen molar-refractivity contribution in [3.05, 3.63) is 12.4 Å². The summed E-state index contributed by atoms with van der Waals surface area (Å²) >= 11 is 0. The Morgan fingerprint density at radius 2 is 1.72 bits per heavy atom. The molecular formula is C17H28N6O2. The number of hydrogen-bond acceptors (Lipinski definition) is 7. The predicted molar refractivity (Wildman–Crippen MR) is 96.7 cm³/mol. The molecule has 1 atom stereocenters. The quantitative estimate of drug-likeness (QED) is 0.807. The maximum Gasteiger partial charge on any atom is 0.239 e. The number of amides is 1. The van der Waals surface area contributed by atoms with Crippen LogP contribution in [-0.2, 0) is 9.53 Å². The van der Waals surface area contributed by atoms with Crippen LogP contribution in [0.1, 0.15) is 19.8 Å². The molecule has 0 spiro atoms. The summed E-state index contributed by atoms with van der Waals surface area (Å²) < 4.78 is 5.40. The number of rotatable bonds is 5. The first-order valence-electron chi connectivity index (χ1n) is 9.13. The number of carbonyl (C=O) groups is 1. The van der Waals surface area contributed by atoms with E-state index in [1.54, 1.807) is 6.33 Å². The van der Waals surface area contributed by atoms with Crippen LogP contribution in [0.2, 0.25) is 0 Å². The predicted octanol–water partition coefficient (Wildman–Crippen LogP) is 0.0892. The molecule has 3 heterocycles. The van der Waals surface area contributed by atoms with E-state index in [1.165, 1.54) is 0 Å². The van der Waals surface area contributed by atoms with E-state index >= 15 is 0 Å². The van der Waals surface area contributed by atoms with Crippen LogP contribution in [0, 0.1) is 0 Å². The first-order valence-corrected chi connectivity index (χ1v) is 9.13. The fraction of sp³-hybridized carbons (Fsp3) is 0.706. The molecule has 2 fully saturated rings. The van der Waals surface area contributed by atoms with E-state index in [4.69, 9.17) is 10.5 Å². The van der Waals surface area contributed by atoms with Gasteiger partial charge >= 0.3 is 0 Å². The Bertz CT molecular complexity index is 570. The van der Waals surface area contributed by atoms with Gasteiger partial charge in [0.15, 0.2) is 0 Å². The van der Waals surface area contributed by atoms with Gasteiger partial charge in [-0.05, 0) is 6.42 Å². The summed E-state index contributed by atoms with van der Waals surface area (Å²) in [7, 11) is 0. The van der Waals surface area contributed by atoms with Crippen molar-refractivity contribution in [2.75, 3.05) is 62.3 Å². The van der Waals surface area contributed by atoms with Crippen molar-refractivity contribution < 1.29 is 9.53 Å². The Morgan fingerprint density at radius 1 is 1.12 bits per heavy atom. The maximum absolute atomic E-state index is 12.3. The zero-order chi connectivity index (χ0) is 17.6. The molecule has 1 aromatic heterocycles. The van der Waals surface area contributed by atoms with Gasteiger partial charge in [0, 0.05) is 45.3 Å². The summed E-state index contributed by atoms with van der Waals surface area (Å²) in [5.74, 6) is 1.93. The average Bonchev–Trinajstić information content (AvgIpc) is 2.68. The number of piperazine rings is 1. The van der Waals surface area contributed by atoms with Gasteiger partial charge in [-0.25, -0.2) is 9.97 Å². The standard InChI is InChI=1S/C17H28N6O2/c1-2-3-14(18)17(24)23-6-4-21(5-7-23)15-12-16(20-13-19-15)22-8-10-25-11-9-22/h12-14H,2-11,18H2,1H3. The summed E-state index contributed by atoms with van der Waals surface area (Å²) in [5.41, 5.74) is 5.97. The Labute approximate surface area is 148 Å². The molecule has 0 bridgehead atoms. The van der Waals surface area contributed by atoms with E-state index in [1.807, 2.05) is 17.9 Å². The van der Waals surface area contributed by atoms with Gasteiger partial charge in [0.05, 0.1) is 19.3 Å². The van der Waals surface area contributed by atoms with Crippen LogP contribution in [0.3, 0.4) is 0 Å². The molecule has 2 saturated heterocycles. The van der Waals surface area contributed by atoms with Gasteiger partial charge in [0.1, 0.15) is 18.0 Å². The summed E-state index contributed by atoms with van der Waals surface area (Å²) in [6.07, 6.45) is 3.29. The Kier molecular flexibility index (Phi) is 6.04. The molecule has 1 aromatic rings.